The number of carbonyl (C=O) groups is 1. The third-order valence-electron chi connectivity index (χ3n) is 5.81. The van der Waals surface area contributed by atoms with Gasteiger partial charge in [-0.25, -0.2) is 13.4 Å². The van der Waals surface area contributed by atoms with Gasteiger partial charge in [0.2, 0.25) is 0 Å². The molecule has 0 saturated heterocycles. The van der Waals surface area contributed by atoms with Gasteiger partial charge in [0.25, 0.3) is 5.56 Å². The SMILES string of the molecule is O=C(CCc1cccc(-c2ccc3nonc3c2)c1)c1cccn(Cc2ccc(F)c(F)c2)c1=O. The van der Waals surface area contributed by atoms with E-state index in [-0.39, 0.29) is 24.3 Å². The van der Waals surface area contributed by atoms with E-state index in [1.165, 1.54) is 22.9 Å². The molecule has 0 N–H and O–H groups in total. The van der Waals surface area contributed by atoms with E-state index in [0.29, 0.717) is 23.0 Å². The molecule has 0 radical (unpaired) electrons. The predicted octanol–water partition coefficient (Wildman–Crippen LogP) is 5.19. The molecule has 0 fully saturated rings. The van der Waals surface area contributed by atoms with E-state index in [4.69, 9.17) is 4.63 Å². The van der Waals surface area contributed by atoms with Crippen molar-refractivity contribution in [3.63, 3.8) is 0 Å². The summed E-state index contributed by atoms with van der Waals surface area (Å²) in [6, 6.07) is 20.0. The predicted molar refractivity (Wildman–Crippen MR) is 126 cm³/mol. The molecule has 35 heavy (non-hydrogen) atoms. The third kappa shape index (κ3) is 4.77. The highest BCUT2D eigenvalue weighted by Gasteiger charge is 2.14. The number of hydrogen-bond donors (Lipinski definition) is 0. The maximum absolute atomic E-state index is 13.5. The second-order valence-electron chi connectivity index (χ2n) is 8.19. The Kier molecular flexibility index (Phi) is 6.01. The molecule has 0 aliphatic heterocycles. The van der Waals surface area contributed by atoms with E-state index in [1.54, 1.807) is 6.07 Å². The molecule has 3 aromatic carbocycles. The molecule has 0 bridgehead atoms. The van der Waals surface area contributed by atoms with E-state index in [9.17, 15) is 18.4 Å². The lowest BCUT2D eigenvalue weighted by Crippen LogP contribution is -2.26. The first-order valence-corrected chi connectivity index (χ1v) is 11.0. The zero-order valence-electron chi connectivity index (χ0n) is 18.4. The number of benzene rings is 3. The minimum atomic E-state index is -0.984. The first kappa shape index (κ1) is 22.3. The topological polar surface area (TPSA) is 78.0 Å². The summed E-state index contributed by atoms with van der Waals surface area (Å²) in [7, 11) is 0. The number of aryl methyl sites for hydroxylation is 1. The van der Waals surface area contributed by atoms with Crippen LogP contribution in [0.5, 0.6) is 0 Å². The molecule has 174 valence electrons. The van der Waals surface area contributed by atoms with Crippen molar-refractivity contribution in [1.82, 2.24) is 14.9 Å². The highest BCUT2D eigenvalue weighted by molar-refractivity contribution is 5.95. The third-order valence-corrected chi connectivity index (χ3v) is 5.81. The van der Waals surface area contributed by atoms with Gasteiger partial charge >= 0.3 is 0 Å². The van der Waals surface area contributed by atoms with E-state index in [0.717, 1.165) is 28.8 Å². The maximum atomic E-state index is 13.5. The van der Waals surface area contributed by atoms with Crippen LogP contribution in [0.2, 0.25) is 0 Å². The Bertz CT molecular complexity index is 1610. The van der Waals surface area contributed by atoms with Gasteiger partial charge in [-0.05, 0) is 75.4 Å². The lowest BCUT2D eigenvalue weighted by molar-refractivity contribution is 0.0981. The zero-order chi connectivity index (χ0) is 24.4. The van der Waals surface area contributed by atoms with Crippen LogP contribution in [0.25, 0.3) is 22.2 Å². The van der Waals surface area contributed by atoms with Crippen molar-refractivity contribution in [2.24, 2.45) is 0 Å². The van der Waals surface area contributed by atoms with Crippen LogP contribution in [-0.4, -0.2) is 20.7 Å². The molecular weight excluding hydrogens is 452 g/mol. The second-order valence-corrected chi connectivity index (χ2v) is 8.19. The van der Waals surface area contributed by atoms with Gasteiger partial charge in [-0.15, -0.1) is 0 Å². The fraction of sp³-hybridized carbons (Fsp3) is 0.111. The number of hydrogen-bond acceptors (Lipinski definition) is 5. The number of aromatic nitrogens is 3. The number of halogens is 2. The normalized spacial score (nSPS) is 11.1. The van der Waals surface area contributed by atoms with Crippen LogP contribution in [0.1, 0.15) is 27.9 Å². The summed E-state index contributed by atoms with van der Waals surface area (Å²) in [5, 5.41) is 7.68. The Labute approximate surface area is 198 Å². The summed E-state index contributed by atoms with van der Waals surface area (Å²) in [6.07, 6.45) is 2.13. The van der Waals surface area contributed by atoms with Crippen LogP contribution >= 0.6 is 0 Å². The fourth-order valence-corrected chi connectivity index (χ4v) is 3.97. The maximum Gasteiger partial charge on any atom is 0.261 e. The summed E-state index contributed by atoms with van der Waals surface area (Å²) >= 11 is 0. The van der Waals surface area contributed by atoms with Crippen molar-refractivity contribution in [2.75, 3.05) is 0 Å². The van der Waals surface area contributed by atoms with Crippen LogP contribution in [0.3, 0.4) is 0 Å². The van der Waals surface area contributed by atoms with Crippen molar-refractivity contribution in [3.8, 4) is 11.1 Å². The van der Waals surface area contributed by atoms with E-state index >= 15 is 0 Å². The fourth-order valence-electron chi connectivity index (χ4n) is 3.97. The van der Waals surface area contributed by atoms with Crippen molar-refractivity contribution in [2.45, 2.75) is 19.4 Å². The Balaban J connectivity index is 1.30. The quantitative estimate of drug-likeness (QED) is 0.305. The smallest absolute Gasteiger partial charge is 0.261 e. The minimum absolute atomic E-state index is 0.0323. The van der Waals surface area contributed by atoms with Gasteiger partial charge in [-0.2, -0.15) is 0 Å². The van der Waals surface area contributed by atoms with Gasteiger partial charge in [0.15, 0.2) is 17.4 Å². The summed E-state index contributed by atoms with van der Waals surface area (Å²) in [5.74, 6) is -2.22. The Morgan fingerprint density at radius 2 is 1.66 bits per heavy atom. The number of Topliss-reactive ketones (excluding diaryl/α,β-unsaturated/α-hetero) is 1. The van der Waals surface area contributed by atoms with Gasteiger partial charge < -0.3 is 4.57 Å². The molecule has 2 heterocycles. The molecule has 5 rings (SSSR count). The molecule has 8 heteroatoms. The molecule has 0 saturated carbocycles. The summed E-state index contributed by atoms with van der Waals surface area (Å²) in [6.45, 7) is 0.0323. The molecule has 6 nitrogen and oxygen atoms in total. The van der Waals surface area contributed by atoms with Crippen molar-refractivity contribution in [1.29, 1.82) is 0 Å². The van der Waals surface area contributed by atoms with E-state index in [2.05, 4.69) is 10.3 Å². The van der Waals surface area contributed by atoms with Crippen LogP contribution < -0.4 is 5.56 Å². The molecule has 0 aliphatic rings. The number of carbonyl (C=O) groups excluding carboxylic acids is 1. The molecule has 0 spiro atoms. The van der Waals surface area contributed by atoms with Crippen LogP contribution in [0, 0.1) is 11.6 Å². The van der Waals surface area contributed by atoms with Crippen molar-refractivity contribution < 1.29 is 18.2 Å². The summed E-state index contributed by atoms with van der Waals surface area (Å²) < 4.78 is 32.8. The van der Waals surface area contributed by atoms with Gasteiger partial charge in [0.1, 0.15) is 11.0 Å². The standard InChI is InChI=1S/C27H19F2N3O3/c28-22-9-6-18(14-23(22)29)16-32-12-2-5-21(27(32)34)26(33)11-7-17-3-1-4-19(13-17)20-8-10-24-25(15-20)31-35-30-24/h1-6,8-10,12-15H,7,11,16H2. The van der Waals surface area contributed by atoms with Crippen molar-refractivity contribution >= 4 is 16.8 Å². The van der Waals surface area contributed by atoms with E-state index in [1.807, 2.05) is 42.5 Å². The van der Waals surface area contributed by atoms with Gasteiger partial charge in [0.05, 0.1) is 12.1 Å². The van der Waals surface area contributed by atoms with Gasteiger partial charge in [-0.1, -0.05) is 36.4 Å². The second kappa shape index (κ2) is 9.42. The molecule has 2 aromatic heterocycles. The summed E-state index contributed by atoms with van der Waals surface area (Å²) in [4.78, 5) is 25.7. The van der Waals surface area contributed by atoms with Crippen LogP contribution in [0.15, 0.2) is 88.4 Å². The lowest BCUT2D eigenvalue weighted by atomic mass is 9.99. The molecule has 5 aromatic rings. The Hall–Kier alpha value is -4.46. The number of ketones is 1. The van der Waals surface area contributed by atoms with Crippen LogP contribution in [-0.2, 0) is 13.0 Å². The van der Waals surface area contributed by atoms with Crippen molar-refractivity contribution in [3.05, 3.63) is 118 Å². The highest BCUT2D eigenvalue weighted by atomic mass is 19.2. The first-order valence-electron chi connectivity index (χ1n) is 11.0. The largest absolute Gasteiger partial charge is 0.310 e. The number of pyridine rings is 1. The number of rotatable bonds is 7. The first-order chi connectivity index (χ1) is 17.0. The number of nitrogens with zero attached hydrogens (tertiary/aromatic N) is 3. The van der Waals surface area contributed by atoms with E-state index < -0.39 is 17.2 Å². The molecule has 0 atom stereocenters. The minimum Gasteiger partial charge on any atom is -0.310 e. The Morgan fingerprint density at radius 1 is 0.829 bits per heavy atom. The average molecular weight is 471 g/mol. The highest BCUT2D eigenvalue weighted by Crippen LogP contribution is 2.24. The molecule has 0 amide bonds. The molecule has 0 unspecified atom stereocenters. The summed E-state index contributed by atoms with van der Waals surface area (Å²) in [5.41, 5.74) is 4.22. The average Bonchev–Trinajstić information content (AvgIpc) is 3.34. The van der Waals surface area contributed by atoms with Crippen LogP contribution in [0.4, 0.5) is 8.78 Å². The molecule has 0 aliphatic carbocycles. The zero-order valence-corrected chi connectivity index (χ0v) is 18.4. The lowest BCUT2D eigenvalue weighted by Gasteiger charge is -2.09. The van der Waals surface area contributed by atoms with Gasteiger partial charge in [0, 0.05) is 12.6 Å². The van der Waals surface area contributed by atoms with Gasteiger partial charge in [-0.3, -0.25) is 9.59 Å². The molecular formula is C27H19F2N3O3. The monoisotopic (exact) mass is 471 g/mol. The Morgan fingerprint density at radius 3 is 2.51 bits per heavy atom. The number of fused-ring (bicyclic) bond motifs is 1.